The van der Waals surface area contributed by atoms with Gasteiger partial charge in [-0.15, -0.1) is 0 Å². The molecule has 178 valence electrons. The van der Waals surface area contributed by atoms with Crippen LogP contribution in [0, 0.1) is 11.6 Å². The summed E-state index contributed by atoms with van der Waals surface area (Å²) in [5.41, 5.74) is 1.79. The van der Waals surface area contributed by atoms with Gasteiger partial charge in [0, 0.05) is 38.6 Å². The van der Waals surface area contributed by atoms with E-state index in [2.05, 4.69) is 5.10 Å². The summed E-state index contributed by atoms with van der Waals surface area (Å²) in [6.07, 6.45) is 5.35. The third-order valence-electron chi connectivity index (χ3n) is 6.08. The van der Waals surface area contributed by atoms with Crippen LogP contribution >= 0.6 is 0 Å². The monoisotopic (exact) mass is 475 g/mol. The predicted molar refractivity (Wildman–Crippen MR) is 125 cm³/mol. The van der Waals surface area contributed by atoms with Gasteiger partial charge in [-0.25, -0.2) is 13.5 Å². The average molecular weight is 475 g/mol. The molecule has 0 bridgehead atoms. The first-order chi connectivity index (χ1) is 17.0. The Hall–Kier alpha value is -4.27. The highest BCUT2D eigenvalue weighted by atomic mass is 19.1. The van der Waals surface area contributed by atoms with Crippen LogP contribution in [-0.4, -0.2) is 62.1 Å². The van der Waals surface area contributed by atoms with E-state index in [0.29, 0.717) is 43.2 Å². The normalized spacial score (nSPS) is 13.8. The second-order valence-electron chi connectivity index (χ2n) is 8.34. The van der Waals surface area contributed by atoms with E-state index in [9.17, 15) is 18.4 Å². The quantitative estimate of drug-likeness (QED) is 0.444. The molecule has 5 rings (SSSR count). The maximum Gasteiger partial charge on any atom is 0.259 e. The van der Waals surface area contributed by atoms with Crippen molar-refractivity contribution in [2.24, 2.45) is 0 Å². The summed E-state index contributed by atoms with van der Waals surface area (Å²) in [6.45, 7) is 1.61. The fourth-order valence-corrected chi connectivity index (χ4v) is 4.21. The molecule has 0 saturated carbocycles. The lowest BCUT2D eigenvalue weighted by atomic mass is 10.1. The topological polar surface area (TPSA) is 63.4 Å². The van der Waals surface area contributed by atoms with Crippen LogP contribution in [0.1, 0.15) is 15.9 Å². The van der Waals surface area contributed by atoms with E-state index < -0.39 is 0 Å². The Kier molecular flexibility index (Phi) is 6.13. The Morgan fingerprint density at radius 2 is 1.37 bits per heavy atom. The van der Waals surface area contributed by atoms with Gasteiger partial charge < -0.3 is 14.4 Å². The molecule has 1 aliphatic rings. The van der Waals surface area contributed by atoms with Crippen molar-refractivity contribution in [3.63, 3.8) is 0 Å². The van der Waals surface area contributed by atoms with Gasteiger partial charge in [-0.05, 0) is 54.1 Å². The van der Waals surface area contributed by atoms with E-state index in [1.54, 1.807) is 43.3 Å². The minimum atomic E-state index is -0.355. The summed E-state index contributed by atoms with van der Waals surface area (Å²) in [5, 5.41) is 4.42. The van der Waals surface area contributed by atoms with Crippen molar-refractivity contribution in [2.45, 2.75) is 6.42 Å². The highest BCUT2D eigenvalue weighted by molar-refractivity contribution is 5.97. The van der Waals surface area contributed by atoms with Gasteiger partial charge in [0.15, 0.2) is 5.82 Å². The zero-order valence-electron chi connectivity index (χ0n) is 18.8. The lowest BCUT2D eigenvalue weighted by molar-refractivity contribution is -0.131. The van der Waals surface area contributed by atoms with Crippen LogP contribution in [0.3, 0.4) is 0 Å². The summed E-state index contributed by atoms with van der Waals surface area (Å²) >= 11 is 0. The van der Waals surface area contributed by atoms with Gasteiger partial charge in [0.05, 0.1) is 18.3 Å². The lowest BCUT2D eigenvalue weighted by Gasteiger charge is -2.35. The van der Waals surface area contributed by atoms with Crippen molar-refractivity contribution in [2.75, 3.05) is 26.2 Å². The zero-order chi connectivity index (χ0) is 24.4. The first kappa shape index (κ1) is 22.5. The van der Waals surface area contributed by atoms with Crippen LogP contribution in [0.4, 0.5) is 8.78 Å². The fourth-order valence-electron chi connectivity index (χ4n) is 4.21. The Morgan fingerprint density at radius 3 is 2.00 bits per heavy atom. The molecule has 7 nitrogen and oxygen atoms in total. The number of amides is 2. The van der Waals surface area contributed by atoms with E-state index in [1.807, 2.05) is 24.5 Å². The number of benzene rings is 2. The molecule has 0 aliphatic carbocycles. The van der Waals surface area contributed by atoms with E-state index in [-0.39, 0.29) is 29.9 Å². The summed E-state index contributed by atoms with van der Waals surface area (Å²) in [7, 11) is 0. The van der Waals surface area contributed by atoms with Gasteiger partial charge in [-0.3, -0.25) is 9.59 Å². The standard InChI is InChI=1S/C26H23F2N5O2/c27-20-5-3-19(4-6-20)17-24(34)30-13-15-32(16-14-30)26(35)23-18-29-33(22-9-7-21(28)8-10-22)25(23)31-11-1-2-12-31/h1-12,18H,13-17H2. The molecule has 2 aromatic carbocycles. The zero-order valence-corrected chi connectivity index (χ0v) is 18.8. The maximum absolute atomic E-state index is 13.5. The van der Waals surface area contributed by atoms with Gasteiger partial charge in [0.25, 0.3) is 5.91 Å². The molecule has 2 aromatic heterocycles. The first-order valence-corrected chi connectivity index (χ1v) is 11.3. The van der Waals surface area contributed by atoms with Crippen molar-refractivity contribution in [3.8, 4) is 11.5 Å². The van der Waals surface area contributed by atoms with E-state index in [1.165, 1.54) is 30.5 Å². The second-order valence-corrected chi connectivity index (χ2v) is 8.34. The summed E-state index contributed by atoms with van der Waals surface area (Å²) in [5.74, 6) is -0.378. The van der Waals surface area contributed by atoms with Crippen molar-refractivity contribution < 1.29 is 18.4 Å². The number of carbonyl (C=O) groups is 2. The summed E-state index contributed by atoms with van der Waals surface area (Å²) < 4.78 is 30.0. The average Bonchev–Trinajstić information content (AvgIpc) is 3.56. The molecule has 0 radical (unpaired) electrons. The SMILES string of the molecule is O=C(Cc1ccc(F)cc1)N1CCN(C(=O)c2cnn(-c3ccc(F)cc3)c2-n2cccc2)CC1. The molecule has 0 spiro atoms. The minimum absolute atomic E-state index is 0.0548. The molecule has 4 aromatic rings. The van der Waals surface area contributed by atoms with Gasteiger partial charge in [-0.2, -0.15) is 5.10 Å². The van der Waals surface area contributed by atoms with E-state index in [0.717, 1.165) is 5.56 Å². The molecule has 1 saturated heterocycles. The molecule has 1 fully saturated rings. The Morgan fingerprint density at radius 1 is 0.800 bits per heavy atom. The van der Waals surface area contributed by atoms with Gasteiger partial charge in [0.2, 0.25) is 5.91 Å². The number of halogens is 2. The molecule has 35 heavy (non-hydrogen) atoms. The van der Waals surface area contributed by atoms with Crippen molar-refractivity contribution in [3.05, 3.63) is 102 Å². The molecular formula is C26H23F2N5O2. The number of hydrogen-bond donors (Lipinski definition) is 0. The maximum atomic E-state index is 13.5. The number of carbonyl (C=O) groups excluding carboxylic acids is 2. The molecule has 2 amide bonds. The van der Waals surface area contributed by atoms with Crippen molar-refractivity contribution in [1.82, 2.24) is 24.1 Å². The number of aromatic nitrogens is 3. The third-order valence-corrected chi connectivity index (χ3v) is 6.08. The Bertz CT molecular complexity index is 1320. The van der Waals surface area contributed by atoms with Gasteiger partial charge in [0.1, 0.15) is 17.2 Å². The van der Waals surface area contributed by atoms with Crippen LogP contribution < -0.4 is 0 Å². The number of nitrogens with zero attached hydrogens (tertiary/aromatic N) is 5. The van der Waals surface area contributed by atoms with Crippen molar-refractivity contribution >= 4 is 11.8 Å². The van der Waals surface area contributed by atoms with Crippen LogP contribution in [0.2, 0.25) is 0 Å². The minimum Gasteiger partial charge on any atom is -0.339 e. The predicted octanol–water partition coefficient (Wildman–Crippen LogP) is 3.47. The van der Waals surface area contributed by atoms with Gasteiger partial charge >= 0.3 is 0 Å². The largest absolute Gasteiger partial charge is 0.339 e. The summed E-state index contributed by atoms with van der Waals surface area (Å²) in [6, 6.07) is 15.5. The molecule has 3 heterocycles. The highest BCUT2D eigenvalue weighted by Gasteiger charge is 2.28. The molecule has 0 N–H and O–H groups in total. The molecule has 1 aliphatic heterocycles. The molecule has 9 heteroatoms. The number of rotatable bonds is 5. The van der Waals surface area contributed by atoms with Gasteiger partial charge in [-0.1, -0.05) is 12.1 Å². The Balaban J connectivity index is 1.32. The van der Waals surface area contributed by atoms with Crippen LogP contribution in [0.25, 0.3) is 11.5 Å². The first-order valence-electron chi connectivity index (χ1n) is 11.3. The van der Waals surface area contributed by atoms with Crippen molar-refractivity contribution in [1.29, 1.82) is 0 Å². The molecule has 0 atom stereocenters. The van der Waals surface area contributed by atoms with Crippen LogP contribution in [0.15, 0.2) is 79.3 Å². The van der Waals surface area contributed by atoms with E-state index in [4.69, 9.17) is 0 Å². The third kappa shape index (κ3) is 4.70. The fraction of sp³-hybridized carbons (Fsp3) is 0.192. The molecule has 0 unspecified atom stereocenters. The highest BCUT2D eigenvalue weighted by Crippen LogP contribution is 2.22. The second kappa shape index (κ2) is 9.54. The molecular weight excluding hydrogens is 452 g/mol. The lowest BCUT2D eigenvalue weighted by Crippen LogP contribution is -2.51. The smallest absolute Gasteiger partial charge is 0.259 e. The number of piperazine rings is 1. The summed E-state index contributed by atoms with van der Waals surface area (Å²) in [4.78, 5) is 29.6. The van der Waals surface area contributed by atoms with Crippen LogP contribution in [0.5, 0.6) is 0 Å². The number of hydrogen-bond acceptors (Lipinski definition) is 3. The Labute approximate surface area is 200 Å². The van der Waals surface area contributed by atoms with E-state index >= 15 is 0 Å². The van der Waals surface area contributed by atoms with Crippen LogP contribution in [-0.2, 0) is 11.2 Å².